The van der Waals surface area contributed by atoms with E-state index in [1.165, 1.54) is 0 Å². The molecule has 1 unspecified atom stereocenters. The number of rotatable bonds is 9. The van der Waals surface area contributed by atoms with Gasteiger partial charge in [-0.1, -0.05) is 6.92 Å². The highest BCUT2D eigenvalue weighted by Crippen LogP contribution is 2.05. The molecule has 1 aromatic heterocycles. The van der Waals surface area contributed by atoms with Crippen molar-refractivity contribution in [2.24, 2.45) is 7.05 Å². The summed E-state index contributed by atoms with van der Waals surface area (Å²) in [5.41, 5.74) is 0. The molecule has 0 aliphatic carbocycles. The van der Waals surface area contributed by atoms with E-state index in [1.54, 1.807) is 0 Å². The first-order chi connectivity index (χ1) is 8.27. The van der Waals surface area contributed by atoms with Gasteiger partial charge >= 0.3 is 0 Å². The number of aryl methyl sites for hydroxylation is 2. The third-order valence-electron chi connectivity index (χ3n) is 2.94. The molecule has 0 aliphatic rings. The molecule has 1 rings (SSSR count). The Labute approximate surface area is 104 Å². The van der Waals surface area contributed by atoms with Crippen LogP contribution in [-0.2, 0) is 18.2 Å². The largest absolute Gasteiger partial charge is 0.382 e. The topological polar surface area (TPSA) is 39.1 Å². The highest BCUT2D eigenvalue weighted by molar-refractivity contribution is 4.92. The molecule has 0 spiro atoms. The smallest absolute Gasteiger partial charge is 0.108 e. The molecule has 0 aliphatic heterocycles. The molecule has 0 saturated carbocycles. The average Bonchev–Trinajstić information content (AvgIpc) is 2.72. The molecule has 17 heavy (non-hydrogen) atoms. The average molecular weight is 239 g/mol. The van der Waals surface area contributed by atoms with Gasteiger partial charge in [-0.2, -0.15) is 0 Å². The number of hydrogen-bond acceptors (Lipinski definition) is 3. The minimum atomic E-state index is 0.531. The van der Waals surface area contributed by atoms with Gasteiger partial charge in [-0.05, 0) is 26.3 Å². The first-order valence-electron chi connectivity index (χ1n) is 6.55. The predicted molar refractivity (Wildman–Crippen MR) is 70.1 cm³/mol. The summed E-state index contributed by atoms with van der Waals surface area (Å²) in [6.07, 6.45) is 7.07. The van der Waals surface area contributed by atoms with Crippen LogP contribution in [0.1, 0.15) is 32.5 Å². The van der Waals surface area contributed by atoms with Crippen molar-refractivity contribution in [1.29, 1.82) is 0 Å². The Kier molecular flexibility index (Phi) is 6.89. The zero-order chi connectivity index (χ0) is 12.5. The monoisotopic (exact) mass is 239 g/mol. The summed E-state index contributed by atoms with van der Waals surface area (Å²) in [5.74, 6) is 1.16. The van der Waals surface area contributed by atoms with Crippen LogP contribution in [-0.4, -0.2) is 35.4 Å². The summed E-state index contributed by atoms with van der Waals surface area (Å²) in [5, 5.41) is 3.51. The van der Waals surface area contributed by atoms with Crippen molar-refractivity contribution in [3.8, 4) is 0 Å². The predicted octanol–water partition coefficient (Wildman–Crippen LogP) is 1.76. The first kappa shape index (κ1) is 14.2. The molecule has 1 heterocycles. The van der Waals surface area contributed by atoms with Crippen molar-refractivity contribution in [1.82, 2.24) is 14.9 Å². The maximum atomic E-state index is 5.41. The van der Waals surface area contributed by atoms with Gasteiger partial charge in [-0.25, -0.2) is 4.98 Å². The van der Waals surface area contributed by atoms with Crippen LogP contribution in [0, 0.1) is 0 Å². The fourth-order valence-electron chi connectivity index (χ4n) is 1.95. The second kappa shape index (κ2) is 8.25. The van der Waals surface area contributed by atoms with Crippen molar-refractivity contribution in [2.45, 2.75) is 39.2 Å². The quantitative estimate of drug-likeness (QED) is 0.667. The van der Waals surface area contributed by atoms with Crippen LogP contribution in [0.25, 0.3) is 0 Å². The van der Waals surface area contributed by atoms with Gasteiger partial charge in [-0.3, -0.25) is 0 Å². The lowest BCUT2D eigenvalue weighted by atomic mass is 10.1. The van der Waals surface area contributed by atoms with Crippen LogP contribution in [0.3, 0.4) is 0 Å². The molecule has 98 valence electrons. The van der Waals surface area contributed by atoms with E-state index in [0.29, 0.717) is 6.04 Å². The van der Waals surface area contributed by atoms with Gasteiger partial charge in [0, 0.05) is 45.1 Å². The molecule has 4 heteroatoms. The Balaban J connectivity index is 2.30. The number of imidazole rings is 1. The van der Waals surface area contributed by atoms with E-state index in [-0.39, 0.29) is 0 Å². The van der Waals surface area contributed by atoms with E-state index in [2.05, 4.69) is 21.8 Å². The van der Waals surface area contributed by atoms with E-state index >= 15 is 0 Å². The molecule has 0 amide bonds. The van der Waals surface area contributed by atoms with Crippen molar-refractivity contribution >= 4 is 0 Å². The van der Waals surface area contributed by atoms with E-state index in [9.17, 15) is 0 Å². The van der Waals surface area contributed by atoms with Crippen LogP contribution in [0.5, 0.6) is 0 Å². The second-order valence-electron chi connectivity index (χ2n) is 4.23. The first-order valence-corrected chi connectivity index (χ1v) is 6.55. The van der Waals surface area contributed by atoms with Crippen molar-refractivity contribution < 1.29 is 4.74 Å². The van der Waals surface area contributed by atoms with Crippen LogP contribution in [0.2, 0.25) is 0 Å². The van der Waals surface area contributed by atoms with Gasteiger partial charge in [0.2, 0.25) is 0 Å². The Morgan fingerprint density at radius 3 is 2.82 bits per heavy atom. The molecule has 0 saturated heterocycles. The number of aromatic nitrogens is 2. The van der Waals surface area contributed by atoms with Gasteiger partial charge in [0.25, 0.3) is 0 Å². The van der Waals surface area contributed by atoms with E-state index in [0.717, 1.165) is 44.8 Å². The zero-order valence-electron chi connectivity index (χ0n) is 11.3. The third-order valence-corrected chi connectivity index (χ3v) is 2.94. The second-order valence-corrected chi connectivity index (χ2v) is 4.23. The highest BCUT2D eigenvalue weighted by Gasteiger charge is 2.09. The Bertz CT molecular complexity index is 299. The van der Waals surface area contributed by atoms with Crippen LogP contribution in [0.15, 0.2) is 12.4 Å². The summed E-state index contributed by atoms with van der Waals surface area (Å²) in [6, 6.07) is 0.531. The minimum Gasteiger partial charge on any atom is -0.382 e. The molecule has 1 atom stereocenters. The minimum absolute atomic E-state index is 0.531. The van der Waals surface area contributed by atoms with Crippen molar-refractivity contribution in [2.75, 3.05) is 19.8 Å². The SMILES string of the molecule is CCNC(CCOCC)CCc1nccn1C. The molecule has 0 radical (unpaired) electrons. The molecule has 4 nitrogen and oxygen atoms in total. The van der Waals surface area contributed by atoms with Crippen molar-refractivity contribution in [3.63, 3.8) is 0 Å². The van der Waals surface area contributed by atoms with Gasteiger partial charge in [0.05, 0.1) is 0 Å². The van der Waals surface area contributed by atoms with E-state index < -0.39 is 0 Å². The lowest BCUT2D eigenvalue weighted by Crippen LogP contribution is -2.31. The van der Waals surface area contributed by atoms with Crippen LogP contribution in [0.4, 0.5) is 0 Å². The number of nitrogens with one attached hydrogen (secondary N) is 1. The van der Waals surface area contributed by atoms with Crippen molar-refractivity contribution in [3.05, 3.63) is 18.2 Å². The van der Waals surface area contributed by atoms with Gasteiger partial charge in [0.1, 0.15) is 5.82 Å². The summed E-state index contributed by atoms with van der Waals surface area (Å²) in [6.45, 7) is 6.84. The Morgan fingerprint density at radius 1 is 1.41 bits per heavy atom. The lowest BCUT2D eigenvalue weighted by Gasteiger charge is -2.17. The summed E-state index contributed by atoms with van der Waals surface area (Å²) in [4.78, 5) is 4.35. The molecule has 0 aromatic carbocycles. The van der Waals surface area contributed by atoms with E-state index in [1.807, 2.05) is 26.4 Å². The number of ether oxygens (including phenoxy) is 1. The highest BCUT2D eigenvalue weighted by atomic mass is 16.5. The third kappa shape index (κ3) is 5.33. The maximum absolute atomic E-state index is 5.41. The molecule has 0 fully saturated rings. The molecule has 1 aromatic rings. The van der Waals surface area contributed by atoms with Gasteiger partial charge < -0.3 is 14.6 Å². The van der Waals surface area contributed by atoms with Crippen LogP contribution >= 0.6 is 0 Å². The van der Waals surface area contributed by atoms with Crippen LogP contribution < -0.4 is 5.32 Å². The van der Waals surface area contributed by atoms with E-state index in [4.69, 9.17) is 4.74 Å². The maximum Gasteiger partial charge on any atom is 0.108 e. The molecular weight excluding hydrogens is 214 g/mol. The molecule has 1 N–H and O–H groups in total. The Hall–Kier alpha value is -0.870. The summed E-state index contributed by atoms with van der Waals surface area (Å²) < 4.78 is 7.50. The molecular formula is C13H25N3O. The lowest BCUT2D eigenvalue weighted by molar-refractivity contribution is 0.135. The fraction of sp³-hybridized carbons (Fsp3) is 0.769. The summed E-state index contributed by atoms with van der Waals surface area (Å²) in [7, 11) is 2.05. The van der Waals surface area contributed by atoms with Gasteiger partial charge in [0.15, 0.2) is 0 Å². The number of nitrogens with zero attached hydrogens (tertiary/aromatic N) is 2. The Morgan fingerprint density at radius 2 is 2.24 bits per heavy atom. The zero-order valence-corrected chi connectivity index (χ0v) is 11.3. The normalized spacial score (nSPS) is 12.9. The fourth-order valence-corrected chi connectivity index (χ4v) is 1.95. The standard InChI is InChI=1S/C13H25N3O/c1-4-14-12(8-11-17-5-2)6-7-13-15-9-10-16(13)3/h9-10,12,14H,4-8,11H2,1-3H3. The molecule has 0 bridgehead atoms. The summed E-state index contributed by atoms with van der Waals surface area (Å²) >= 11 is 0. The van der Waals surface area contributed by atoms with Gasteiger partial charge in [-0.15, -0.1) is 0 Å². The number of hydrogen-bond donors (Lipinski definition) is 1.